The standard InChI is InChI=1S/C14H11F3O4S2/c1-9-8-10(14(15,16)17)6-7-12(9)22-13-5-3-2-4-11(13)21-23(18,19)20/h2-8H,1H3,(H,18,19,20). The van der Waals surface area contributed by atoms with Gasteiger partial charge in [0.15, 0.2) is 5.75 Å². The van der Waals surface area contributed by atoms with Crippen molar-refractivity contribution >= 4 is 22.2 Å². The van der Waals surface area contributed by atoms with Crippen molar-refractivity contribution in [3.63, 3.8) is 0 Å². The predicted molar refractivity (Wildman–Crippen MR) is 78.9 cm³/mol. The maximum Gasteiger partial charge on any atom is 0.446 e. The van der Waals surface area contributed by atoms with Gasteiger partial charge in [-0.05, 0) is 42.8 Å². The van der Waals surface area contributed by atoms with Gasteiger partial charge in [0.2, 0.25) is 0 Å². The van der Waals surface area contributed by atoms with Gasteiger partial charge < -0.3 is 4.18 Å². The van der Waals surface area contributed by atoms with Crippen molar-refractivity contribution in [1.29, 1.82) is 0 Å². The molecule has 0 saturated heterocycles. The van der Waals surface area contributed by atoms with Crippen LogP contribution in [0.5, 0.6) is 5.75 Å². The Morgan fingerprint density at radius 1 is 1.09 bits per heavy atom. The van der Waals surface area contributed by atoms with Gasteiger partial charge in [-0.15, -0.1) is 0 Å². The third-order valence-corrected chi connectivity index (χ3v) is 4.39. The summed E-state index contributed by atoms with van der Waals surface area (Å²) in [6.07, 6.45) is -4.43. The van der Waals surface area contributed by atoms with Crippen molar-refractivity contribution in [1.82, 2.24) is 0 Å². The second-order valence-corrected chi connectivity index (χ2v) is 6.64. The fourth-order valence-electron chi connectivity index (χ4n) is 1.78. The van der Waals surface area contributed by atoms with E-state index in [1.807, 2.05) is 0 Å². The SMILES string of the molecule is Cc1cc(C(F)(F)F)ccc1Sc1ccccc1OS(=O)(=O)O. The molecular formula is C14H11F3O4S2. The quantitative estimate of drug-likeness (QED) is 0.818. The van der Waals surface area contributed by atoms with Gasteiger partial charge in [0.25, 0.3) is 0 Å². The van der Waals surface area contributed by atoms with Gasteiger partial charge in [0.05, 0.1) is 10.5 Å². The average Bonchev–Trinajstić information content (AvgIpc) is 2.40. The van der Waals surface area contributed by atoms with Crippen LogP contribution in [-0.4, -0.2) is 13.0 Å². The molecule has 2 rings (SSSR count). The number of rotatable bonds is 4. The second-order valence-electron chi connectivity index (χ2n) is 4.54. The summed E-state index contributed by atoms with van der Waals surface area (Å²) in [5, 5.41) is 0. The normalized spacial score (nSPS) is 12.2. The van der Waals surface area contributed by atoms with Crippen LogP contribution in [0.15, 0.2) is 52.3 Å². The van der Waals surface area contributed by atoms with E-state index in [2.05, 4.69) is 4.18 Å². The zero-order valence-electron chi connectivity index (χ0n) is 11.7. The van der Waals surface area contributed by atoms with Crippen LogP contribution < -0.4 is 4.18 Å². The van der Waals surface area contributed by atoms with Crippen LogP contribution in [0.4, 0.5) is 13.2 Å². The first-order valence-corrected chi connectivity index (χ1v) is 8.36. The van der Waals surface area contributed by atoms with Gasteiger partial charge in [0.1, 0.15) is 0 Å². The monoisotopic (exact) mass is 364 g/mol. The van der Waals surface area contributed by atoms with Crippen LogP contribution in [0, 0.1) is 6.92 Å². The van der Waals surface area contributed by atoms with Crippen LogP contribution >= 0.6 is 11.8 Å². The summed E-state index contributed by atoms with van der Waals surface area (Å²) >= 11 is 1.03. The topological polar surface area (TPSA) is 63.6 Å². The van der Waals surface area contributed by atoms with E-state index < -0.39 is 22.1 Å². The van der Waals surface area contributed by atoms with Crippen LogP contribution in [-0.2, 0) is 16.6 Å². The van der Waals surface area contributed by atoms with Crippen molar-refractivity contribution in [3.05, 3.63) is 53.6 Å². The number of aryl methyl sites for hydroxylation is 1. The molecule has 0 amide bonds. The molecule has 0 atom stereocenters. The lowest BCUT2D eigenvalue weighted by Gasteiger charge is -2.12. The maximum absolute atomic E-state index is 12.7. The van der Waals surface area contributed by atoms with E-state index in [9.17, 15) is 21.6 Å². The molecule has 1 N–H and O–H groups in total. The summed E-state index contributed by atoms with van der Waals surface area (Å²) in [6, 6.07) is 9.23. The van der Waals surface area contributed by atoms with Gasteiger partial charge in [-0.25, -0.2) is 0 Å². The number of halogens is 3. The fourth-order valence-corrected chi connectivity index (χ4v) is 3.15. The lowest BCUT2D eigenvalue weighted by atomic mass is 10.1. The Kier molecular flexibility index (Phi) is 4.92. The van der Waals surface area contributed by atoms with E-state index in [0.29, 0.717) is 15.4 Å². The highest BCUT2D eigenvalue weighted by Gasteiger charge is 2.30. The summed E-state index contributed by atoms with van der Waals surface area (Å²) in [5.41, 5.74) is -0.381. The minimum absolute atomic E-state index is 0.112. The minimum Gasteiger partial charge on any atom is -0.361 e. The second kappa shape index (κ2) is 6.42. The minimum atomic E-state index is -4.69. The third kappa shape index (κ3) is 4.88. The summed E-state index contributed by atoms with van der Waals surface area (Å²) in [7, 11) is -4.69. The maximum atomic E-state index is 12.7. The lowest BCUT2D eigenvalue weighted by Crippen LogP contribution is -2.07. The molecule has 23 heavy (non-hydrogen) atoms. The highest BCUT2D eigenvalue weighted by Crippen LogP contribution is 2.39. The molecule has 0 bridgehead atoms. The molecule has 2 aromatic rings. The van der Waals surface area contributed by atoms with Crippen molar-refractivity contribution in [2.24, 2.45) is 0 Å². The first-order valence-electron chi connectivity index (χ1n) is 6.18. The molecule has 0 aliphatic rings. The Balaban J connectivity index is 2.33. The molecule has 0 unspecified atom stereocenters. The first-order chi connectivity index (χ1) is 10.6. The molecule has 0 spiro atoms. The van der Waals surface area contributed by atoms with Crippen LogP contribution in [0.25, 0.3) is 0 Å². The fraction of sp³-hybridized carbons (Fsp3) is 0.143. The predicted octanol–water partition coefficient (Wildman–Crippen LogP) is 4.35. The third-order valence-electron chi connectivity index (χ3n) is 2.77. The van der Waals surface area contributed by atoms with Gasteiger partial charge in [0, 0.05) is 4.90 Å². The van der Waals surface area contributed by atoms with Crippen molar-refractivity contribution in [3.8, 4) is 5.75 Å². The van der Waals surface area contributed by atoms with Crippen LogP contribution in [0.2, 0.25) is 0 Å². The van der Waals surface area contributed by atoms with E-state index in [1.165, 1.54) is 31.2 Å². The number of hydrogen-bond acceptors (Lipinski definition) is 4. The molecule has 0 aliphatic carbocycles. The molecule has 2 aromatic carbocycles. The van der Waals surface area contributed by atoms with Gasteiger partial charge in [-0.3, -0.25) is 4.55 Å². The molecular weight excluding hydrogens is 353 g/mol. The molecule has 0 aliphatic heterocycles. The molecule has 9 heteroatoms. The molecule has 0 radical (unpaired) electrons. The van der Waals surface area contributed by atoms with Crippen LogP contribution in [0.1, 0.15) is 11.1 Å². The number of para-hydroxylation sites is 1. The van der Waals surface area contributed by atoms with Gasteiger partial charge >= 0.3 is 16.6 Å². The largest absolute Gasteiger partial charge is 0.446 e. The molecule has 4 nitrogen and oxygen atoms in total. The van der Waals surface area contributed by atoms with E-state index >= 15 is 0 Å². The zero-order valence-corrected chi connectivity index (χ0v) is 13.3. The summed E-state index contributed by atoms with van der Waals surface area (Å²) in [5.74, 6) is -0.112. The van der Waals surface area contributed by atoms with E-state index in [1.54, 1.807) is 6.07 Å². The molecule has 124 valence electrons. The zero-order chi connectivity index (χ0) is 17.3. The first kappa shape index (κ1) is 17.6. The van der Waals surface area contributed by atoms with Crippen LogP contribution in [0.3, 0.4) is 0 Å². The number of alkyl halides is 3. The summed E-state index contributed by atoms with van der Waals surface area (Å²) < 4.78 is 72.8. The summed E-state index contributed by atoms with van der Waals surface area (Å²) in [6.45, 7) is 1.52. The van der Waals surface area contributed by atoms with E-state index in [0.717, 1.165) is 23.9 Å². The highest BCUT2D eigenvalue weighted by atomic mass is 32.3. The van der Waals surface area contributed by atoms with E-state index in [-0.39, 0.29) is 5.75 Å². The molecule has 0 heterocycles. The van der Waals surface area contributed by atoms with Crippen molar-refractivity contribution in [2.75, 3.05) is 0 Å². The average molecular weight is 364 g/mol. The summed E-state index contributed by atoms with van der Waals surface area (Å²) in [4.78, 5) is 0.845. The van der Waals surface area contributed by atoms with Crippen molar-refractivity contribution < 1.29 is 30.3 Å². The number of hydrogen-bond donors (Lipinski definition) is 1. The number of benzene rings is 2. The Labute approximate surface area is 135 Å². The van der Waals surface area contributed by atoms with Crippen molar-refractivity contribution in [2.45, 2.75) is 22.9 Å². The van der Waals surface area contributed by atoms with Gasteiger partial charge in [-0.2, -0.15) is 21.6 Å². The van der Waals surface area contributed by atoms with Gasteiger partial charge in [-0.1, -0.05) is 23.9 Å². The Bertz CT molecular complexity index is 817. The lowest BCUT2D eigenvalue weighted by molar-refractivity contribution is -0.137. The smallest absolute Gasteiger partial charge is 0.361 e. The molecule has 0 saturated carbocycles. The highest BCUT2D eigenvalue weighted by molar-refractivity contribution is 7.99. The Morgan fingerprint density at radius 3 is 2.30 bits per heavy atom. The van der Waals surface area contributed by atoms with E-state index in [4.69, 9.17) is 4.55 Å². The molecule has 0 fully saturated rings. The molecule has 0 aromatic heterocycles. The Hall–Kier alpha value is -1.71. The Morgan fingerprint density at radius 2 is 1.74 bits per heavy atom.